The molecule has 0 bridgehead atoms. The van der Waals surface area contributed by atoms with Crippen LogP contribution in [0.1, 0.15) is 18.4 Å². The molecular formula is C16H18ClN3O. The maximum atomic E-state index is 6.11. The standard InChI is InChI=1S/C16H18ClN3O/c1-12-2-3-13(17)10-15(12)21-14-5-8-20(9-6-14)16-4-7-18-11-19-16/h2-4,7,10-11,14H,5-6,8-9H2,1H3. The highest BCUT2D eigenvalue weighted by molar-refractivity contribution is 6.30. The van der Waals surface area contributed by atoms with Gasteiger partial charge in [0, 0.05) is 37.2 Å². The Kier molecular flexibility index (Phi) is 4.25. The molecule has 2 heterocycles. The number of piperidine rings is 1. The molecule has 1 aliphatic heterocycles. The van der Waals surface area contributed by atoms with Gasteiger partial charge in [0.05, 0.1) is 0 Å². The van der Waals surface area contributed by atoms with Crippen molar-refractivity contribution in [2.45, 2.75) is 25.9 Å². The van der Waals surface area contributed by atoms with Crippen LogP contribution in [-0.4, -0.2) is 29.2 Å². The molecule has 110 valence electrons. The van der Waals surface area contributed by atoms with Crippen LogP contribution in [0.2, 0.25) is 5.02 Å². The Bertz CT molecular complexity index is 598. The maximum absolute atomic E-state index is 6.11. The van der Waals surface area contributed by atoms with Crippen LogP contribution in [0.25, 0.3) is 0 Å². The summed E-state index contributed by atoms with van der Waals surface area (Å²) in [6.45, 7) is 3.93. The summed E-state index contributed by atoms with van der Waals surface area (Å²) in [5, 5.41) is 0.717. The average Bonchev–Trinajstić information content (AvgIpc) is 2.53. The molecule has 0 radical (unpaired) electrons. The first-order valence-corrected chi connectivity index (χ1v) is 7.54. The fraction of sp³-hybridized carbons (Fsp3) is 0.375. The van der Waals surface area contributed by atoms with Gasteiger partial charge < -0.3 is 9.64 Å². The Morgan fingerprint density at radius 1 is 1.24 bits per heavy atom. The van der Waals surface area contributed by atoms with Gasteiger partial charge in [-0.1, -0.05) is 17.7 Å². The summed E-state index contributed by atoms with van der Waals surface area (Å²) >= 11 is 6.04. The molecule has 2 aromatic rings. The largest absolute Gasteiger partial charge is 0.490 e. The van der Waals surface area contributed by atoms with Crippen molar-refractivity contribution in [1.29, 1.82) is 0 Å². The zero-order valence-electron chi connectivity index (χ0n) is 12.0. The third-order valence-corrected chi connectivity index (χ3v) is 4.01. The quantitative estimate of drug-likeness (QED) is 0.870. The SMILES string of the molecule is Cc1ccc(Cl)cc1OC1CCN(c2ccncn2)CC1. The van der Waals surface area contributed by atoms with Gasteiger partial charge in [-0.3, -0.25) is 0 Å². The molecule has 1 saturated heterocycles. The van der Waals surface area contributed by atoms with E-state index in [0.29, 0.717) is 5.02 Å². The summed E-state index contributed by atoms with van der Waals surface area (Å²) < 4.78 is 6.11. The normalized spacial score (nSPS) is 16.0. The van der Waals surface area contributed by atoms with Crippen molar-refractivity contribution in [3.8, 4) is 5.75 Å². The summed E-state index contributed by atoms with van der Waals surface area (Å²) in [4.78, 5) is 10.5. The second kappa shape index (κ2) is 6.31. The lowest BCUT2D eigenvalue weighted by Crippen LogP contribution is -2.38. The topological polar surface area (TPSA) is 38.2 Å². The van der Waals surface area contributed by atoms with E-state index in [4.69, 9.17) is 16.3 Å². The third-order valence-electron chi connectivity index (χ3n) is 3.78. The van der Waals surface area contributed by atoms with Crippen molar-refractivity contribution in [1.82, 2.24) is 9.97 Å². The van der Waals surface area contributed by atoms with Crippen LogP contribution in [-0.2, 0) is 0 Å². The lowest BCUT2D eigenvalue weighted by Gasteiger charge is -2.33. The number of ether oxygens (including phenoxy) is 1. The number of halogens is 1. The lowest BCUT2D eigenvalue weighted by atomic mass is 10.1. The zero-order chi connectivity index (χ0) is 14.7. The van der Waals surface area contributed by atoms with E-state index in [1.165, 1.54) is 0 Å². The van der Waals surface area contributed by atoms with Gasteiger partial charge in [-0.25, -0.2) is 9.97 Å². The Morgan fingerprint density at radius 3 is 2.76 bits per heavy atom. The van der Waals surface area contributed by atoms with Gasteiger partial charge in [0.15, 0.2) is 0 Å². The van der Waals surface area contributed by atoms with Crippen LogP contribution < -0.4 is 9.64 Å². The maximum Gasteiger partial charge on any atom is 0.131 e. The minimum absolute atomic E-state index is 0.236. The molecule has 1 aromatic heterocycles. The fourth-order valence-corrected chi connectivity index (χ4v) is 2.72. The molecule has 0 unspecified atom stereocenters. The minimum Gasteiger partial charge on any atom is -0.490 e. The number of benzene rings is 1. The molecule has 0 N–H and O–H groups in total. The number of rotatable bonds is 3. The first kappa shape index (κ1) is 14.1. The van der Waals surface area contributed by atoms with Crippen LogP contribution in [0.3, 0.4) is 0 Å². The second-order valence-electron chi connectivity index (χ2n) is 5.28. The number of nitrogens with zero attached hydrogens (tertiary/aromatic N) is 3. The van der Waals surface area contributed by atoms with E-state index in [9.17, 15) is 0 Å². The van der Waals surface area contributed by atoms with Gasteiger partial charge in [-0.05, 0) is 30.7 Å². The van der Waals surface area contributed by atoms with Gasteiger partial charge in [0.25, 0.3) is 0 Å². The first-order chi connectivity index (χ1) is 10.2. The first-order valence-electron chi connectivity index (χ1n) is 7.16. The van der Waals surface area contributed by atoms with Crippen molar-refractivity contribution in [2.24, 2.45) is 0 Å². The van der Waals surface area contributed by atoms with Crippen LogP contribution in [0.15, 0.2) is 36.8 Å². The monoisotopic (exact) mass is 303 g/mol. The molecule has 0 amide bonds. The number of aryl methyl sites for hydroxylation is 1. The molecule has 1 fully saturated rings. The molecule has 5 heteroatoms. The van der Waals surface area contributed by atoms with Crippen LogP contribution in [0.5, 0.6) is 5.75 Å². The summed E-state index contributed by atoms with van der Waals surface area (Å²) in [7, 11) is 0. The van der Waals surface area contributed by atoms with Crippen molar-refractivity contribution in [3.05, 3.63) is 47.4 Å². The number of hydrogen-bond donors (Lipinski definition) is 0. The molecule has 0 aliphatic carbocycles. The average molecular weight is 304 g/mol. The molecule has 1 aromatic carbocycles. The van der Waals surface area contributed by atoms with E-state index in [-0.39, 0.29) is 6.10 Å². The van der Waals surface area contributed by atoms with Crippen molar-refractivity contribution < 1.29 is 4.74 Å². The molecule has 0 saturated carbocycles. The van der Waals surface area contributed by atoms with E-state index < -0.39 is 0 Å². The summed E-state index contributed by atoms with van der Waals surface area (Å²) in [5.41, 5.74) is 1.12. The van der Waals surface area contributed by atoms with Gasteiger partial charge in [0.1, 0.15) is 24.0 Å². The number of anilines is 1. The fourth-order valence-electron chi connectivity index (χ4n) is 2.55. The highest BCUT2D eigenvalue weighted by Gasteiger charge is 2.21. The third kappa shape index (κ3) is 3.45. The summed E-state index contributed by atoms with van der Waals surface area (Å²) in [5.74, 6) is 1.88. The van der Waals surface area contributed by atoms with Crippen LogP contribution >= 0.6 is 11.6 Å². The van der Waals surface area contributed by atoms with Gasteiger partial charge in [-0.2, -0.15) is 0 Å². The van der Waals surface area contributed by atoms with Crippen molar-refractivity contribution in [2.75, 3.05) is 18.0 Å². The Balaban J connectivity index is 1.60. The molecule has 0 atom stereocenters. The van der Waals surface area contributed by atoms with Crippen LogP contribution in [0, 0.1) is 6.92 Å². The van der Waals surface area contributed by atoms with Crippen molar-refractivity contribution in [3.63, 3.8) is 0 Å². The minimum atomic E-state index is 0.236. The zero-order valence-corrected chi connectivity index (χ0v) is 12.8. The van der Waals surface area contributed by atoms with Crippen molar-refractivity contribution >= 4 is 17.4 Å². The molecule has 0 spiro atoms. The number of hydrogen-bond acceptors (Lipinski definition) is 4. The molecule has 1 aliphatic rings. The predicted octanol–water partition coefficient (Wildman–Crippen LogP) is 3.49. The van der Waals surface area contributed by atoms with Gasteiger partial charge in [0.2, 0.25) is 0 Å². The summed E-state index contributed by atoms with van der Waals surface area (Å²) in [6, 6.07) is 7.73. The van der Waals surface area contributed by atoms with E-state index in [1.807, 2.05) is 31.2 Å². The van der Waals surface area contributed by atoms with Gasteiger partial charge in [-0.15, -0.1) is 0 Å². The lowest BCUT2D eigenvalue weighted by molar-refractivity contribution is 0.169. The van der Waals surface area contributed by atoms with Crippen LogP contribution in [0.4, 0.5) is 5.82 Å². The molecular weight excluding hydrogens is 286 g/mol. The Morgan fingerprint density at radius 2 is 2.05 bits per heavy atom. The Hall–Kier alpha value is -1.81. The highest BCUT2D eigenvalue weighted by atomic mass is 35.5. The molecule has 21 heavy (non-hydrogen) atoms. The molecule has 4 nitrogen and oxygen atoms in total. The molecule has 3 rings (SSSR count). The van der Waals surface area contributed by atoms with E-state index in [0.717, 1.165) is 43.1 Å². The second-order valence-corrected chi connectivity index (χ2v) is 5.72. The number of aromatic nitrogens is 2. The highest BCUT2D eigenvalue weighted by Crippen LogP contribution is 2.26. The Labute approximate surface area is 129 Å². The summed E-state index contributed by atoms with van der Waals surface area (Å²) in [6.07, 6.45) is 5.57. The predicted molar refractivity (Wildman–Crippen MR) is 84.1 cm³/mol. The van der Waals surface area contributed by atoms with E-state index >= 15 is 0 Å². The smallest absolute Gasteiger partial charge is 0.131 e. The van der Waals surface area contributed by atoms with E-state index in [2.05, 4.69) is 14.9 Å². The van der Waals surface area contributed by atoms with E-state index in [1.54, 1.807) is 12.5 Å². The van der Waals surface area contributed by atoms with Gasteiger partial charge >= 0.3 is 0 Å².